The summed E-state index contributed by atoms with van der Waals surface area (Å²) in [5, 5.41) is 23.0. The first-order chi connectivity index (χ1) is 13.4. The van der Waals surface area contributed by atoms with Crippen LogP contribution in [0.4, 0.5) is 0 Å². The van der Waals surface area contributed by atoms with Gasteiger partial charge in [-0.25, -0.2) is 9.59 Å². The molecule has 5 unspecified atom stereocenters. The van der Waals surface area contributed by atoms with Crippen molar-refractivity contribution in [1.29, 1.82) is 0 Å². The quantitative estimate of drug-likeness (QED) is 0.408. The van der Waals surface area contributed by atoms with Gasteiger partial charge in [-0.2, -0.15) is 0 Å². The Morgan fingerprint density at radius 2 is 1.72 bits per heavy atom. The summed E-state index contributed by atoms with van der Waals surface area (Å²) in [5.74, 6) is -3.52. The topological polar surface area (TPSA) is 129 Å². The van der Waals surface area contributed by atoms with Gasteiger partial charge in [-0.3, -0.25) is 4.79 Å². The second-order valence-corrected chi connectivity index (χ2v) is 10.6. The minimum atomic E-state index is -1.97. The maximum Gasteiger partial charge on any atom is 0.342 e. The molecule has 0 aromatic heterocycles. The van der Waals surface area contributed by atoms with E-state index in [1.165, 1.54) is 6.92 Å². The molecule has 4 saturated heterocycles. The van der Waals surface area contributed by atoms with E-state index >= 15 is 0 Å². The molecule has 9 heteroatoms. The van der Waals surface area contributed by atoms with Gasteiger partial charge >= 0.3 is 17.9 Å². The number of carbonyl (C=O) groups excluding carboxylic acids is 3. The van der Waals surface area contributed by atoms with Crippen LogP contribution in [-0.2, 0) is 33.3 Å². The Morgan fingerprint density at radius 1 is 1.03 bits per heavy atom. The highest BCUT2D eigenvalue weighted by atomic mass is 16.8. The minimum absolute atomic E-state index is 0.0623. The molecule has 4 heterocycles. The number of hydrogen-bond donors (Lipinski definition) is 2. The number of ether oxygens (including phenoxy) is 4. The van der Waals surface area contributed by atoms with E-state index in [0.29, 0.717) is 6.42 Å². The van der Waals surface area contributed by atoms with E-state index in [1.54, 1.807) is 0 Å². The normalized spacial score (nSPS) is 59.2. The zero-order valence-electron chi connectivity index (χ0n) is 16.6. The van der Waals surface area contributed by atoms with Crippen molar-refractivity contribution in [2.45, 2.75) is 76.3 Å². The zero-order valence-corrected chi connectivity index (χ0v) is 16.6. The number of aliphatic hydroxyl groups excluding tert-OH is 1. The van der Waals surface area contributed by atoms with Gasteiger partial charge in [0.2, 0.25) is 11.9 Å². The molecule has 6 fully saturated rings. The summed E-state index contributed by atoms with van der Waals surface area (Å²) in [6.45, 7) is 7.47. The number of fused-ring (bicyclic) bond motifs is 1. The average molecular weight is 408 g/mol. The lowest BCUT2D eigenvalue weighted by atomic mass is 9.51. The van der Waals surface area contributed by atoms with Crippen LogP contribution in [0.15, 0.2) is 0 Å². The van der Waals surface area contributed by atoms with Crippen LogP contribution in [0.1, 0.15) is 40.5 Å². The third kappa shape index (κ3) is 1.35. The summed E-state index contributed by atoms with van der Waals surface area (Å²) >= 11 is 0. The number of rotatable bonds is 0. The molecule has 0 aromatic rings. The van der Waals surface area contributed by atoms with E-state index in [-0.39, 0.29) is 17.8 Å². The largest absolute Gasteiger partial charge is 0.459 e. The summed E-state index contributed by atoms with van der Waals surface area (Å²) in [5.41, 5.74) is -6.81. The first-order valence-corrected chi connectivity index (χ1v) is 10.1. The predicted molar refractivity (Wildman–Crippen MR) is 90.6 cm³/mol. The average Bonchev–Trinajstić information content (AvgIpc) is 3.31. The van der Waals surface area contributed by atoms with E-state index in [0.717, 1.165) is 0 Å². The summed E-state index contributed by atoms with van der Waals surface area (Å²) in [6, 6.07) is 0. The van der Waals surface area contributed by atoms with Gasteiger partial charge in [0, 0.05) is 6.42 Å². The molecule has 2 saturated carbocycles. The monoisotopic (exact) mass is 408 g/mol. The second-order valence-electron chi connectivity index (χ2n) is 10.6. The highest BCUT2D eigenvalue weighted by Gasteiger charge is 3.01. The summed E-state index contributed by atoms with van der Waals surface area (Å²) in [4.78, 5) is 38.1. The Bertz CT molecular complexity index is 893. The van der Waals surface area contributed by atoms with Crippen LogP contribution in [0.25, 0.3) is 0 Å². The van der Waals surface area contributed by atoms with Gasteiger partial charge in [-0.1, -0.05) is 20.8 Å². The van der Waals surface area contributed by atoms with Crippen LogP contribution < -0.4 is 0 Å². The standard InChI is InChI=1S/C20H24O9/c1-7-12(22)26-10-6-17-9-5-8(16(2,3)4)18(17)11(21)13(23)28-15(18)29-20(17,14(24)27-9)19(7,10)25/h7-11,15,21,25H,5-6H2,1-4H3/t7?,8?,9?,10-,11?,15?,17-,18+,19-,20-/m1/s1. The molecular weight excluding hydrogens is 384 g/mol. The smallest absolute Gasteiger partial charge is 0.342 e. The van der Waals surface area contributed by atoms with Gasteiger partial charge in [0.25, 0.3) is 0 Å². The van der Waals surface area contributed by atoms with Gasteiger partial charge in [-0.15, -0.1) is 0 Å². The van der Waals surface area contributed by atoms with Gasteiger partial charge in [0.15, 0.2) is 11.7 Å². The van der Waals surface area contributed by atoms with Crippen LogP contribution in [-0.4, -0.2) is 63.9 Å². The Kier molecular flexibility index (Phi) is 2.79. The van der Waals surface area contributed by atoms with E-state index in [4.69, 9.17) is 18.9 Å². The number of esters is 3. The van der Waals surface area contributed by atoms with Crippen molar-refractivity contribution in [3.05, 3.63) is 0 Å². The molecule has 2 spiro atoms. The summed E-state index contributed by atoms with van der Waals surface area (Å²) < 4.78 is 22.9. The van der Waals surface area contributed by atoms with Gasteiger partial charge < -0.3 is 29.2 Å². The summed E-state index contributed by atoms with van der Waals surface area (Å²) in [6.07, 6.45) is -3.96. The highest BCUT2D eigenvalue weighted by Crippen LogP contribution is 2.84. The molecule has 9 nitrogen and oxygen atoms in total. The van der Waals surface area contributed by atoms with Crippen LogP contribution >= 0.6 is 0 Å². The van der Waals surface area contributed by atoms with Crippen LogP contribution in [0.3, 0.4) is 0 Å². The van der Waals surface area contributed by atoms with Gasteiger partial charge in [-0.05, 0) is 24.7 Å². The lowest BCUT2D eigenvalue weighted by Crippen LogP contribution is -2.66. The van der Waals surface area contributed by atoms with Crippen molar-refractivity contribution in [1.82, 2.24) is 0 Å². The van der Waals surface area contributed by atoms with E-state index in [1.807, 2.05) is 20.8 Å². The predicted octanol–water partition coefficient (Wildman–Crippen LogP) is -0.340. The fourth-order valence-electron chi connectivity index (χ4n) is 8.06. The number of hydrogen-bond acceptors (Lipinski definition) is 9. The van der Waals surface area contributed by atoms with Gasteiger partial charge in [0.1, 0.15) is 12.2 Å². The Labute approximate surface area is 166 Å². The number of aliphatic hydroxyl groups is 2. The lowest BCUT2D eigenvalue weighted by molar-refractivity contribution is -0.238. The molecular formula is C20H24O9. The fourth-order valence-corrected chi connectivity index (χ4v) is 8.06. The third-order valence-corrected chi connectivity index (χ3v) is 8.97. The van der Waals surface area contributed by atoms with E-state index in [2.05, 4.69) is 0 Å². The van der Waals surface area contributed by atoms with Crippen molar-refractivity contribution in [2.75, 3.05) is 0 Å². The molecule has 4 aliphatic heterocycles. The molecule has 10 atom stereocenters. The SMILES string of the molecule is CC1C(=O)O[C@@H]2C[C@@]34C5CC(C(C)(C)C)[C@]36C(OC(=O)C6O)O[C@@]4(C(=O)O5)[C@@]12O. The lowest BCUT2D eigenvalue weighted by Gasteiger charge is -2.46. The van der Waals surface area contributed by atoms with Crippen LogP contribution in [0, 0.1) is 28.1 Å². The molecule has 0 radical (unpaired) electrons. The molecule has 2 N–H and O–H groups in total. The number of carbonyl (C=O) groups is 3. The molecule has 6 aliphatic rings. The van der Waals surface area contributed by atoms with Crippen LogP contribution in [0.2, 0.25) is 0 Å². The van der Waals surface area contributed by atoms with Gasteiger partial charge in [0.05, 0.1) is 16.7 Å². The van der Waals surface area contributed by atoms with Crippen molar-refractivity contribution in [3.8, 4) is 0 Å². The maximum atomic E-state index is 13.3. The Hall–Kier alpha value is -1.71. The zero-order chi connectivity index (χ0) is 20.9. The van der Waals surface area contributed by atoms with Crippen molar-refractivity contribution in [3.63, 3.8) is 0 Å². The second kappa shape index (κ2) is 4.48. The fraction of sp³-hybridized carbons (Fsp3) is 0.850. The Balaban J connectivity index is 1.68. The first kappa shape index (κ1) is 18.1. The molecule has 29 heavy (non-hydrogen) atoms. The Morgan fingerprint density at radius 3 is 2.38 bits per heavy atom. The van der Waals surface area contributed by atoms with Crippen LogP contribution in [0.5, 0.6) is 0 Å². The molecule has 0 amide bonds. The third-order valence-electron chi connectivity index (χ3n) is 8.97. The van der Waals surface area contributed by atoms with Crippen molar-refractivity contribution < 1.29 is 43.5 Å². The first-order valence-electron chi connectivity index (χ1n) is 10.1. The molecule has 0 aromatic carbocycles. The molecule has 0 bridgehead atoms. The molecule has 2 aliphatic carbocycles. The highest BCUT2D eigenvalue weighted by molar-refractivity contribution is 5.93. The van der Waals surface area contributed by atoms with E-state index < -0.39 is 70.5 Å². The molecule has 158 valence electrons. The van der Waals surface area contributed by atoms with Crippen molar-refractivity contribution in [2.24, 2.45) is 28.1 Å². The van der Waals surface area contributed by atoms with E-state index in [9.17, 15) is 24.6 Å². The molecule has 6 rings (SSSR count). The maximum absolute atomic E-state index is 13.3. The van der Waals surface area contributed by atoms with Crippen molar-refractivity contribution >= 4 is 17.9 Å². The minimum Gasteiger partial charge on any atom is -0.459 e. The summed E-state index contributed by atoms with van der Waals surface area (Å²) in [7, 11) is 0.